The van der Waals surface area contributed by atoms with E-state index in [4.69, 9.17) is 11.6 Å². The Kier molecular flexibility index (Phi) is 3.54. The van der Waals surface area contributed by atoms with Gasteiger partial charge in [0.25, 0.3) is 6.43 Å². The van der Waals surface area contributed by atoms with Crippen molar-refractivity contribution in [3.05, 3.63) is 16.8 Å². The Morgan fingerprint density at radius 3 is 3.00 bits per heavy atom. The maximum atomic E-state index is 12.8. The van der Waals surface area contributed by atoms with Gasteiger partial charge in [-0.05, 0) is 31.4 Å². The number of rotatable bonds is 2. The first kappa shape index (κ1) is 13.0. The second-order valence-electron chi connectivity index (χ2n) is 5.05. The molecule has 2 fully saturated rings. The summed E-state index contributed by atoms with van der Waals surface area (Å²) in [6, 6.07) is 1.70. The van der Waals surface area contributed by atoms with Crippen LogP contribution in [0.1, 0.15) is 24.8 Å². The molecule has 3 rings (SSSR count). The van der Waals surface area contributed by atoms with Crippen LogP contribution in [0.15, 0.2) is 6.07 Å². The van der Waals surface area contributed by atoms with E-state index < -0.39 is 6.43 Å². The van der Waals surface area contributed by atoms with Gasteiger partial charge in [-0.1, -0.05) is 11.6 Å². The van der Waals surface area contributed by atoms with Gasteiger partial charge in [0.1, 0.15) is 0 Å². The van der Waals surface area contributed by atoms with Crippen LogP contribution in [0.25, 0.3) is 0 Å². The zero-order valence-corrected chi connectivity index (χ0v) is 11.1. The zero-order chi connectivity index (χ0) is 13.4. The molecule has 104 valence electrons. The van der Waals surface area contributed by atoms with Crippen LogP contribution in [0.4, 0.5) is 14.6 Å². The summed E-state index contributed by atoms with van der Waals surface area (Å²) < 4.78 is 25.7. The molecule has 1 N–H and O–H groups in total. The summed E-state index contributed by atoms with van der Waals surface area (Å²) in [5, 5.41) is 10.8. The molecule has 2 aliphatic heterocycles. The minimum absolute atomic E-state index is 0.212. The summed E-state index contributed by atoms with van der Waals surface area (Å²) in [6.07, 6.45) is -0.408. The lowest BCUT2D eigenvalue weighted by molar-refractivity contribution is 0.151. The minimum Gasteiger partial charge on any atom is -0.351 e. The van der Waals surface area contributed by atoms with Gasteiger partial charge < -0.3 is 10.2 Å². The van der Waals surface area contributed by atoms with E-state index in [1.165, 1.54) is 6.07 Å². The van der Waals surface area contributed by atoms with E-state index in [-0.39, 0.29) is 10.7 Å². The highest BCUT2D eigenvalue weighted by Gasteiger charge is 2.36. The van der Waals surface area contributed by atoms with Crippen molar-refractivity contribution in [3.63, 3.8) is 0 Å². The largest absolute Gasteiger partial charge is 0.351 e. The van der Waals surface area contributed by atoms with Crippen LogP contribution in [0, 0.1) is 5.92 Å². The molecule has 0 unspecified atom stereocenters. The molecule has 0 radical (unpaired) electrons. The van der Waals surface area contributed by atoms with Crippen molar-refractivity contribution in [1.82, 2.24) is 15.5 Å². The molecule has 0 spiro atoms. The Labute approximate surface area is 115 Å². The third kappa shape index (κ3) is 2.39. The molecule has 0 aliphatic carbocycles. The molecule has 4 nitrogen and oxygen atoms in total. The smallest absolute Gasteiger partial charge is 0.267 e. The third-order valence-electron chi connectivity index (χ3n) is 4.02. The molecule has 3 heterocycles. The van der Waals surface area contributed by atoms with Crippen molar-refractivity contribution >= 4 is 17.4 Å². The van der Waals surface area contributed by atoms with Gasteiger partial charge in [-0.2, -0.15) is 0 Å². The Morgan fingerprint density at radius 2 is 2.21 bits per heavy atom. The number of alkyl halides is 2. The third-order valence-corrected chi connectivity index (χ3v) is 4.32. The zero-order valence-electron chi connectivity index (χ0n) is 10.3. The monoisotopic (exact) mass is 288 g/mol. The van der Waals surface area contributed by atoms with Crippen molar-refractivity contribution in [2.45, 2.75) is 25.3 Å². The average molecular weight is 289 g/mol. The van der Waals surface area contributed by atoms with Crippen LogP contribution in [0.3, 0.4) is 0 Å². The van der Waals surface area contributed by atoms with Crippen LogP contribution in [-0.2, 0) is 0 Å². The number of halogens is 3. The number of fused-ring (bicyclic) bond motifs is 1. The lowest BCUT2D eigenvalue weighted by Crippen LogP contribution is -2.46. The molecule has 1 aromatic rings. The second kappa shape index (κ2) is 5.17. The van der Waals surface area contributed by atoms with E-state index in [1.807, 2.05) is 0 Å². The fraction of sp³-hybridized carbons (Fsp3) is 0.667. The highest BCUT2D eigenvalue weighted by atomic mass is 35.5. The predicted octanol–water partition coefficient (Wildman–Crippen LogP) is 2.26. The highest BCUT2D eigenvalue weighted by molar-refractivity contribution is 6.30. The molecule has 2 aliphatic rings. The first-order valence-corrected chi connectivity index (χ1v) is 6.83. The Hall–Kier alpha value is -1.01. The molecule has 1 aromatic heterocycles. The Morgan fingerprint density at radius 1 is 1.37 bits per heavy atom. The maximum Gasteiger partial charge on any atom is 0.267 e. The van der Waals surface area contributed by atoms with E-state index in [0.717, 1.165) is 32.5 Å². The average Bonchev–Trinajstić information content (AvgIpc) is 2.83. The predicted molar refractivity (Wildman–Crippen MR) is 68.7 cm³/mol. The molecule has 19 heavy (non-hydrogen) atoms. The van der Waals surface area contributed by atoms with Crippen molar-refractivity contribution in [2.24, 2.45) is 5.92 Å². The fourth-order valence-electron chi connectivity index (χ4n) is 3.03. The SMILES string of the molecule is FC(F)c1cc(N2CC[C@@H]3CCNC[C@@H]32)nnc1Cl. The molecule has 0 bridgehead atoms. The molecule has 0 amide bonds. The van der Waals surface area contributed by atoms with Gasteiger partial charge in [-0.15, -0.1) is 10.2 Å². The van der Waals surface area contributed by atoms with Crippen molar-refractivity contribution in [2.75, 3.05) is 24.5 Å². The van der Waals surface area contributed by atoms with Gasteiger partial charge in [0.2, 0.25) is 0 Å². The lowest BCUT2D eigenvalue weighted by atomic mass is 9.93. The van der Waals surface area contributed by atoms with Gasteiger partial charge in [0, 0.05) is 19.1 Å². The first-order valence-electron chi connectivity index (χ1n) is 6.45. The van der Waals surface area contributed by atoms with Crippen LogP contribution in [-0.4, -0.2) is 35.9 Å². The molecule has 0 saturated carbocycles. The fourth-order valence-corrected chi connectivity index (χ4v) is 3.20. The van der Waals surface area contributed by atoms with Crippen LogP contribution >= 0.6 is 11.6 Å². The standard InChI is InChI=1S/C12H15ClF2N4/c13-11-8(12(14)15)5-10(17-18-11)19-4-2-7-1-3-16-6-9(7)19/h5,7,9,12,16H,1-4,6H2/t7-,9-/m0/s1. The topological polar surface area (TPSA) is 41.0 Å². The number of nitrogens with zero attached hydrogens (tertiary/aromatic N) is 3. The molecule has 7 heteroatoms. The van der Waals surface area contributed by atoms with Crippen LogP contribution < -0.4 is 10.2 Å². The number of piperidine rings is 1. The summed E-state index contributed by atoms with van der Waals surface area (Å²) >= 11 is 5.65. The van der Waals surface area contributed by atoms with E-state index >= 15 is 0 Å². The minimum atomic E-state index is -2.62. The molecule has 0 aromatic carbocycles. The van der Waals surface area contributed by atoms with Crippen molar-refractivity contribution < 1.29 is 8.78 Å². The number of hydrogen-bond donors (Lipinski definition) is 1. The highest BCUT2D eigenvalue weighted by Crippen LogP contribution is 2.34. The first-order chi connectivity index (χ1) is 9.16. The summed E-state index contributed by atoms with van der Waals surface area (Å²) in [4.78, 5) is 2.08. The van der Waals surface area contributed by atoms with Gasteiger partial charge in [0.15, 0.2) is 11.0 Å². The number of anilines is 1. The normalized spacial score (nSPS) is 26.8. The second-order valence-corrected chi connectivity index (χ2v) is 5.41. The number of aromatic nitrogens is 2. The van der Waals surface area contributed by atoms with E-state index in [1.54, 1.807) is 0 Å². The Balaban J connectivity index is 1.88. The van der Waals surface area contributed by atoms with E-state index in [9.17, 15) is 8.78 Å². The van der Waals surface area contributed by atoms with Gasteiger partial charge >= 0.3 is 0 Å². The summed E-state index contributed by atoms with van der Waals surface area (Å²) in [6.45, 7) is 2.75. The van der Waals surface area contributed by atoms with Crippen LogP contribution in [0.5, 0.6) is 0 Å². The van der Waals surface area contributed by atoms with Gasteiger partial charge in [0.05, 0.1) is 5.56 Å². The van der Waals surface area contributed by atoms with Gasteiger partial charge in [-0.3, -0.25) is 0 Å². The van der Waals surface area contributed by atoms with Crippen molar-refractivity contribution in [3.8, 4) is 0 Å². The van der Waals surface area contributed by atoms with Crippen LogP contribution in [0.2, 0.25) is 5.15 Å². The maximum absolute atomic E-state index is 12.8. The molecule has 2 saturated heterocycles. The summed E-state index contributed by atoms with van der Waals surface area (Å²) in [5.74, 6) is 1.13. The van der Waals surface area contributed by atoms with E-state index in [0.29, 0.717) is 17.8 Å². The quantitative estimate of drug-likeness (QED) is 0.906. The number of hydrogen-bond acceptors (Lipinski definition) is 4. The molecule has 2 atom stereocenters. The molecular weight excluding hydrogens is 274 g/mol. The summed E-state index contributed by atoms with van der Waals surface area (Å²) in [7, 11) is 0. The lowest BCUT2D eigenvalue weighted by Gasteiger charge is -2.32. The van der Waals surface area contributed by atoms with E-state index in [2.05, 4.69) is 20.4 Å². The number of nitrogens with one attached hydrogen (secondary N) is 1. The summed E-state index contributed by atoms with van der Waals surface area (Å²) in [5.41, 5.74) is -0.237. The van der Waals surface area contributed by atoms with Gasteiger partial charge in [-0.25, -0.2) is 8.78 Å². The van der Waals surface area contributed by atoms with Crippen molar-refractivity contribution in [1.29, 1.82) is 0 Å². The Bertz CT molecular complexity index is 471. The molecular formula is C12H15ClF2N4.